The van der Waals surface area contributed by atoms with Crippen molar-refractivity contribution in [3.05, 3.63) is 0 Å². The molecule has 62 valence electrons. The van der Waals surface area contributed by atoms with Crippen LogP contribution >= 0.6 is 0 Å². The third kappa shape index (κ3) is 1.45. The lowest BCUT2D eigenvalue weighted by Gasteiger charge is -2.35. The monoisotopic (exact) mass is 153 g/mol. The summed E-state index contributed by atoms with van der Waals surface area (Å²) in [7, 11) is 0. The standard InChI is InChI=1S/C9H15NO/c11-9-2-1-8-6-10-4-3-7(8)5-9/h7-8,10H,1-6H2/t7-,8+/m0/s1. The molecule has 1 saturated heterocycles. The van der Waals surface area contributed by atoms with Gasteiger partial charge in [-0.1, -0.05) is 0 Å². The van der Waals surface area contributed by atoms with Crippen LogP contribution in [-0.4, -0.2) is 18.9 Å². The Hall–Kier alpha value is -0.370. The maximum Gasteiger partial charge on any atom is 0.133 e. The second kappa shape index (κ2) is 2.94. The number of nitrogens with one attached hydrogen (secondary N) is 1. The number of ketones is 1. The molecule has 1 aliphatic heterocycles. The van der Waals surface area contributed by atoms with E-state index in [0.29, 0.717) is 5.78 Å². The molecule has 2 fully saturated rings. The van der Waals surface area contributed by atoms with E-state index in [-0.39, 0.29) is 0 Å². The van der Waals surface area contributed by atoms with Gasteiger partial charge in [0.15, 0.2) is 0 Å². The summed E-state index contributed by atoms with van der Waals surface area (Å²) in [6, 6.07) is 0. The molecule has 11 heavy (non-hydrogen) atoms. The zero-order chi connectivity index (χ0) is 7.68. The number of fused-ring (bicyclic) bond motifs is 1. The number of hydrogen-bond acceptors (Lipinski definition) is 2. The van der Waals surface area contributed by atoms with Gasteiger partial charge in [-0.25, -0.2) is 0 Å². The number of rotatable bonds is 0. The fraction of sp³-hybridized carbons (Fsp3) is 0.889. The van der Waals surface area contributed by atoms with E-state index in [0.717, 1.165) is 44.2 Å². The molecular formula is C9H15NO. The average molecular weight is 153 g/mol. The summed E-state index contributed by atoms with van der Waals surface area (Å²) in [6.07, 6.45) is 4.06. The predicted molar refractivity (Wildman–Crippen MR) is 43.3 cm³/mol. The van der Waals surface area contributed by atoms with Crippen LogP contribution in [0, 0.1) is 11.8 Å². The molecule has 1 N–H and O–H groups in total. The Morgan fingerprint density at radius 2 is 2.18 bits per heavy atom. The molecule has 2 nitrogen and oxygen atoms in total. The number of hydrogen-bond donors (Lipinski definition) is 1. The molecular weight excluding hydrogens is 138 g/mol. The van der Waals surface area contributed by atoms with Crippen LogP contribution in [0.25, 0.3) is 0 Å². The Bertz CT molecular complexity index is 167. The molecule has 1 aliphatic carbocycles. The number of piperidine rings is 1. The summed E-state index contributed by atoms with van der Waals surface area (Å²) in [5, 5.41) is 3.39. The summed E-state index contributed by atoms with van der Waals surface area (Å²) in [6.45, 7) is 2.27. The van der Waals surface area contributed by atoms with Gasteiger partial charge in [0.05, 0.1) is 0 Å². The Balaban J connectivity index is 1.98. The first-order valence-corrected chi connectivity index (χ1v) is 4.58. The van der Waals surface area contributed by atoms with Gasteiger partial charge in [-0.05, 0) is 37.8 Å². The van der Waals surface area contributed by atoms with Gasteiger partial charge in [-0.2, -0.15) is 0 Å². The van der Waals surface area contributed by atoms with Crippen molar-refractivity contribution in [2.45, 2.75) is 25.7 Å². The largest absolute Gasteiger partial charge is 0.316 e. The molecule has 2 rings (SSSR count). The van der Waals surface area contributed by atoms with Gasteiger partial charge in [-0.15, -0.1) is 0 Å². The van der Waals surface area contributed by atoms with Crippen molar-refractivity contribution < 1.29 is 4.79 Å². The van der Waals surface area contributed by atoms with E-state index in [4.69, 9.17) is 0 Å². The van der Waals surface area contributed by atoms with Crippen LogP contribution in [0.2, 0.25) is 0 Å². The van der Waals surface area contributed by atoms with E-state index in [1.807, 2.05) is 0 Å². The molecule has 0 aromatic heterocycles. The Kier molecular flexibility index (Phi) is 1.95. The SMILES string of the molecule is O=C1CC[C@@H]2CNCC[C@H]2C1. The molecule has 0 radical (unpaired) electrons. The molecule has 1 saturated carbocycles. The fourth-order valence-electron chi connectivity index (χ4n) is 2.32. The molecule has 0 bridgehead atoms. The Morgan fingerprint density at radius 3 is 3.09 bits per heavy atom. The minimum atomic E-state index is 0.494. The maximum absolute atomic E-state index is 11.1. The summed E-state index contributed by atoms with van der Waals surface area (Å²) in [5.74, 6) is 2.02. The highest BCUT2D eigenvalue weighted by atomic mass is 16.1. The van der Waals surface area contributed by atoms with Gasteiger partial charge in [0, 0.05) is 12.8 Å². The first-order chi connectivity index (χ1) is 5.36. The smallest absolute Gasteiger partial charge is 0.133 e. The second-order valence-electron chi connectivity index (χ2n) is 3.79. The fourth-order valence-corrected chi connectivity index (χ4v) is 2.32. The number of carbonyl (C=O) groups is 1. The number of carbonyl (C=O) groups excluding carboxylic acids is 1. The van der Waals surface area contributed by atoms with Crippen molar-refractivity contribution in [2.24, 2.45) is 11.8 Å². The lowest BCUT2D eigenvalue weighted by molar-refractivity contribution is -0.123. The Morgan fingerprint density at radius 1 is 1.27 bits per heavy atom. The molecule has 2 heteroatoms. The summed E-state index contributed by atoms with van der Waals surface area (Å²) < 4.78 is 0. The molecule has 0 amide bonds. The van der Waals surface area contributed by atoms with Crippen LogP contribution in [0.3, 0.4) is 0 Å². The van der Waals surface area contributed by atoms with Gasteiger partial charge in [0.1, 0.15) is 5.78 Å². The van der Waals surface area contributed by atoms with Crippen LogP contribution in [0.4, 0.5) is 0 Å². The Labute approximate surface area is 67.4 Å². The third-order valence-electron chi connectivity index (χ3n) is 3.05. The highest BCUT2D eigenvalue weighted by Gasteiger charge is 2.30. The minimum Gasteiger partial charge on any atom is -0.316 e. The van der Waals surface area contributed by atoms with Crippen LogP contribution in [0.1, 0.15) is 25.7 Å². The van der Waals surface area contributed by atoms with E-state index in [9.17, 15) is 4.79 Å². The third-order valence-corrected chi connectivity index (χ3v) is 3.05. The summed E-state index contributed by atoms with van der Waals surface area (Å²) >= 11 is 0. The van der Waals surface area contributed by atoms with E-state index in [1.54, 1.807) is 0 Å². The lowest BCUT2D eigenvalue weighted by Crippen LogP contribution is -2.40. The molecule has 0 unspecified atom stereocenters. The van der Waals surface area contributed by atoms with Crippen LogP contribution in [0.15, 0.2) is 0 Å². The van der Waals surface area contributed by atoms with E-state index in [2.05, 4.69) is 5.32 Å². The normalized spacial score (nSPS) is 38.4. The lowest BCUT2D eigenvalue weighted by atomic mass is 9.75. The first kappa shape index (κ1) is 7.29. The second-order valence-corrected chi connectivity index (χ2v) is 3.79. The number of Topliss-reactive ketones (excluding diaryl/α,β-unsaturated/α-hetero) is 1. The summed E-state index contributed by atoms with van der Waals surface area (Å²) in [4.78, 5) is 11.1. The average Bonchev–Trinajstić information content (AvgIpc) is 2.04. The van der Waals surface area contributed by atoms with Crippen molar-refractivity contribution in [1.29, 1.82) is 0 Å². The molecule has 0 spiro atoms. The van der Waals surface area contributed by atoms with Crippen molar-refractivity contribution in [1.82, 2.24) is 5.32 Å². The molecule has 0 aromatic carbocycles. The topological polar surface area (TPSA) is 29.1 Å². The maximum atomic E-state index is 11.1. The summed E-state index contributed by atoms with van der Waals surface area (Å²) in [5.41, 5.74) is 0. The van der Waals surface area contributed by atoms with Crippen molar-refractivity contribution in [3.8, 4) is 0 Å². The zero-order valence-corrected chi connectivity index (χ0v) is 6.81. The van der Waals surface area contributed by atoms with Crippen LogP contribution < -0.4 is 5.32 Å². The van der Waals surface area contributed by atoms with Crippen molar-refractivity contribution >= 4 is 5.78 Å². The van der Waals surface area contributed by atoms with Gasteiger partial charge in [-0.3, -0.25) is 4.79 Å². The first-order valence-electron chi connectivity index (χ1n) is 4.58. The molecule has 2 atom stereocenters. The quantitative estimate of drug-likeness (QED) is 0.561. The van der Waals surface area contributed by atoms with Crippen LogP contribution in [-0.2, 0) is 4.79 Å². The van der Waals surface area contributed by atoms with Gasteiger partial charge in [0.2, 0.25) is 0 Å². The van der Waals surface area contributed by atoms with Crippen LogP contribution in [0.5, 0.6) is 0 Å². The van der Waals surface area contributed by atoms with Crippen molar-refractivity contribution in [3.63, 3.8) is 0 Å². The molecule has 2 aliphatic rings. The predicted octanol–water partition coefficient (Wildman–Crippen LogP) is 0.965. The zero-order valence-electron chi connectivity index (χ0n) is 6.81. The van der Waals surface area contributed by atoms with E-state index < -0.39 is 0 Å². The van der Waals surface area contributed by atoms with Crippen molar-refractivity contribution in [2.75, 3.05) is 13.1 Å². The van der Waals surface area contributed by atoms with E-state index >= 15 is 0 Å². The minimum absolute atomic E-state index is 0.494. The van der Waals surface area contributed by atoms with Gasteiger partial charge >= 0.3 is 0 Å². The van der Waals surface area contributed by atoms with Gasteiger partial charge < -0.3 is 5.32 Å². The molecule has 0 aromatic rings. The molecule has 1 heterocycles. The van der Waals surface area contributed by atoms with E-state index in [1.165, 1.54) is 6.42 Å². The van der Waals surface area contributed by atoms with Gasteiger partial charge in [0.25, 0.3) is 0 Å². The highest BCUT2D eigenvalue weighted by molar-refractivity contribution is 5.79. The highest BCUT2D eigenvalue weighted by Crippen LogP contribution is 2.31.